The first-order valence-electron chi connectivity index (χ1n) is 13.2. The van der Waals surface area contributed by atoms with Crippen LogP contribution in [0.15, 0.2) is 72.8 Å². The topological polar surface area (TPSA) is 75.1 Å². The van der Waals surface area contributed by atoms with Crippen molar-refractivity contribution in [3.8, 4) is 28.8 Å². The van der Waals surface area contributed by atoms with Gasteiger partial charge in [-0.15, -0.1) is 0 Å². The third-order valence-electron chi connectivity index (χ3n) is 6.89. The third kappa shape index (κ3) is 6.08. The zero-order valence-electron chi connectivity index (χ0n) is 22.8. The van der Waals surface area contributed by atoms with Gasteiger partial charge < -0.3 is 23.8 Å². The minimum Gasteiger partial charge on any atom is -0.497 e. The lowest BCUT2D eigenvalue weighted by Gasteiger charge is -2.26. The molecule has 0 unspecified atom stereocenters. The molecule has 3 aromatic carbocycles. The van der Waals surface area contributed by atoms with Crippen LogP contribution in [-0.2, 0) is 11.3 Å². The fourth-order valence-corrected chi connectivity index (χ4v) is 4.90. The van der Waals surface area contributed by atoms with Crippen LogP contribution < -0.4 is 14.2 Å². The predicted molar refractivity (Wildman–Crippen MR) is 153 cm³/mol. The van der Waals surface area contributed by atoms with Gasteiger partial charge in [0.05, 0.1) is 43.8 Å². The zero-order chi connectivity index (χ0) is 28.1. The standard InChI is InChI=1S/C31H32ClN3O5/c1-21-27(20-34(19-26-10-7-17-39-26)30(36)22-8-6-9-25(18-22)37-2)31(40-29-12-5-4-11-28(29)38-3)35(33-21)24-15-13-23(32)14-16-24/h4-6,8-9,11-16,18,26H,7,10,17,19-20H2,1-3H3/t26-/m1/s1. The Labute approximate surface area is 239 Å². The van der Waals surface area contributed by atoms with Crippen molar-refractivity contribution >= 4 is 17.5 Å². The van der Waals surface area contributed by atoms with Gasteiger partial charge in [0.2, 0.25) is 5.88 Å². The van der Waals surface area contributed by atoms with Gasteiger partial charge in [-0.2, -0.15) is 5.10 Å². The van der Waals surface area contributed by atoms with E-state index in [4.69, 9.17) is 35.6 Å². The number of hydrogen-bond donors (Lipinski definition) is 0. The Hall–Kier alpha value is -4.01. The minimum atomic E-state index is -0.128. The monoisotopic (exact) mass is 561 g/mol. The van der Waals surface area contributed by atoms with Gasteiger partial charge in [-0.05, 0) is 74.4 Å². The molecule has 0 saturated carbocycles. The predicted octanol–water partition coefficient (Wildman–Crippen LogP) is 6.47. The number of benzene rings is 3. The largest absolute Gasteiger partial charge is 0.497 e. The lowest BCUT2D eigenvalue weighted by molar-refractivity contribution is 0.0505. The summed E-state index contributed by atoms with van der Waals surface area (Å²) in [5.41, 5.74) is 2.81. The van der Waals surface area contributed by atoms with Crippen molar-refractivity contribution in [2.24, 2.45) is 0 Å². The Morgan fingerprint density at radius 3 is 2.52 bits per heavy atom. The van der Waals surface area contributed by atoms with Crippen LogP contribution in [0, 0.1) is 6.92 Å². The summed E-state index contributed by atoms with van der Waals surface area (Å²) in [4.78, 5) is 15.7. The smallest absolute Gasteiger partial charge is 0.254 e. The van der Waals surface area contributed by atoms with E-state index in [2.05, 4.69) is 0 Å². The molecular weight excluding hydrogens is 530 g/mol. The van der Waals surface area contributed by atoms with Crippen LogP contribution in [0.3, 0.4) is 0 Å². The van der Waals surface area contributed by atoms with E-state index in [0.29, 0.717) is 46.9 Å². The highest BCUT2D eigenvalue weighted by Gasteiger charge is 2.28. The van der Waals surface area contributed by atoms with Crippen molar-refractivity contribution in [2.75, 3.05) is 27.4 Å². The highest BCUT2D eigenvalue weighted by atomic mass is 35.5. The van der Waals surface area contributed by atoms with Gasteiger partial charge in [0, 0.05) is 23.7 Å². The summed E-state index contributed by atoms with van der Waals surface area (Å²) in [6, 6.07) is 22.0. The van der Waals surface area contributed by atoms with Gasteiger partial charge in [-0.3, -0.25) is 4.79 Å². The number of hydrogen-bond acceptors (Lipinski definition) is 6. The van der Waals surface area contributed by atoms with Crippen molar-refractivity contribution in [1.82, 2.24) is 14.7 Å². The maximum Gasteiger partial charge on any atom is 0.254 e. The maximum absolute atomic E-state index is 13.9. The van der Waals surface area contributed by atoms with E-state index in [9.17, 15) is 4.79 Å². The Morgan fingerprint density at radius 2 is 1.82 bits per heavy atom. The lowest BCUT2D eigenvalue weighted by atomic mass is 10.1. The highest BCUT2D eigenvalue weighted by Crippen LogP contribution is 2.36. The molecule has 208 valence electrons. The van der Waals surface area contributed by atoms with Gasteiger partial charge in [0.15, 0.2) is 11.5 Å². The first-order chi connectivity index (χ1) is 19.5. The van der Waals surface area contributed by atoms with Gasteiger partial charge in [-0.1, -0.05) is 29.8 Å². The van der Waals surface area contributed by atoms with E-state index in [-0.39, 0.29) is 18.6 Å². The van der Waals surface area contributed by atoms with Gasteiger partial charge in [0.25, 0.3) is 5.91 Å². The zero-order valence-corrected chi connectivity index (χ0v) is 23.6. The fourth-order valence-electron chi connectivity index (χ4n) is 4.77. The molecule has 5 rings (SSSR count). The fraction of sp³-hybridized carbons (Fsp3) is 0.290. The van der Waals surface area contributed by atoms with E-state index in [1.807, 2.05) is 55.5 Å². The number of halogens is 1. The summed E-state index contributed by atoms with van der Waals surface area (Å²) < 4.78 is 25.1. The SMILES string of the molecule is COc1cccc(C(=O)N(Cc2c(C)nn(-c3ccc(Cl)cc3)c2Oc2ccccc2OC)C[C@H]2CCCO2)c1. The van der Waals surface area contributed by atoms with Crippen molar-refractivity contribution in [3.63, 3.8) is 0 Å². The second-order valence-corrected chi connectivity index (χ2v) is 10.00. The van der Waals surface area contributed by atoms with Gasteiger partial charge in [0.1, 0.15) is 5.75 Å². The summed E-state index contributed by atoms with van der Waals surface area (Å²) in [6.45, 7) is 3.31. The Morgan fingerprint density at radius 1 is 1.05 bits per heavy atom. The Balaban J connectivity index is 1.57. The molecule has 0 bridgehead atoms. The number of carbonyl (C=O) groups excluding carboxylic acids is 1. The number of nitrogens with zero attached hydrogens (tertiary/aromatic N) is 3. The average molecular weight is 562 g/mol. The molecule has 1 amide bonds. The van der Waals surface area contributed by atoms with E-state index in [1.54, 1.807) is 48.1 Å². The molecule has 1 aliphatic rings. The van der Waals surface area contributed by atoms with E-state index in [1.165, 1.54) is 0 Å². The quantitative estimate of drug-likeness (QED) is 0.221. The number of amides is 1. The van der Waals surface area contributed by atoms with Gasteiger partial charge in [-0.25, -0.2) is 4.68 Å². The molecule has 0 aliphatic carbocycles. The molecule has 40 heavy (non-hydrogen) atoms. The van der Waals surface area contributed by atoms with Crippen molar-refractivity contribution in [3.05, 3.63) is 94.6 Å². The second-order valence-electron chi connectivity index (χ2n) is 9.56. The summed E-state index contributed by atoms with van der Waals surface area (Å²) in [5, 5.41) is 5.44. The molecule has 1 aliphatic heterocycles. The molecule has 0 radical (unpaired) electrons. The first-order valence-corrected chi connectivity index (χ1v) is 13.5. The summed E-state index contributed by atoms with van der Waals surface area (Å²) in [7, 11) is 3.19. The number of carbonyl (C=O) groups is 1. The normalized spacial score (nSPS) is 14.7. The van der Waals surface area contributed by atoms with Crippen LogP contribution >= 0.6 is 11.6 Å². The molecule has 9 heteroatoms. The number of rotatable bonds is 10. The first kappa shape index (κ1) is 27.6. The molecule has 1 atom stereocenters. The van der Waals surface area contributed by atoms with Crippen molar-refractivity contribution in [2.45, 2.75) is 32.4 Å². The molecule has 2 heterocycles. The number of aromatic nitrogens is 2. The molecule has 1 saturated heterocycles. The van der Waals surface area contributed by atoms with Crippen LogP contribution in [0.4, 0.5) is 0 Å². The minimum absolute atomic E-state index is 0.0419. The van der Waals surface area contributed by atoms with Crippen molar-refractivity contribution < 1.29 is 23.7 Å². The second kappa shape index (κ2) is 12.4. The number of para-hydroxylation sites is 2. The summed E-state index contributed by atoms with van der Waals surface area (Å²) >= 11 is 6.17. The number of methoxy groups -OCH3 is 2. The molecule has 4 aromatic rings. The average Bonchev–Trinajstić information content (AvgIpc) is 3.61. The molecule has 0 spiro atoms. The van der Waals surface area contributed by atoms with E-state index in [0.717, 1.165) is 29.8 Å². The van der Waals surface area contributed by atoms with Crippen LogP contribution in [-0.4, -0.2) is 54.1 Å². The third-order valence-corrected chi connectivity index (χ3v) is 7.14. The van der Waals surface area contributed by atoms with Crippen LogP contribution in [0.5, 0.6) is 23.1 Å². The van der Waals surface area contributed by atoms with Crippen LogP contribution in [0.25, 0.3) is 5.69 Å². The van der Waals surface area contributed by atoms with Crippen LogP contribution in [0.2, 0.25) is 5.02 Å². The highest BCUT2D eigenvalue weighted by molar-refractivity contribution is 6.30. The Bertz CT molecular complexity index is 1460. The lowest BCUT2D eigenvalue weighted by Crippen LogP contribution is -2.37. The molecular formula is C31H32ClN3O5. The summed E-state index contributed by atoms with van der Waals surface area (Å²) in [5.74, 6) is 2.09. The molecule has 8 nitrogen and oxygen atoms in total. The maximum atomic E-state index is 13.9. The molecule has 1 fully saturated rings. The molecule has 0 N–H and O–H groups in total. The van der Waals surface area contributed by atoms with Crippen LogP contribution in [0.1, 0.15) is 34.5 Å². The number of ether oxygens (including phenoxy) is 4. The molecule has 1 aromatic heterocycles. The summed E-state index contributed by atoms with van der Waals surface area (Å²) in [6.07, 6.45) is 1.83. The van der Waals surface area contributed by atoms with Gasteiger partial charge >= 0.3 is 0 Å². The Kier molecular flexibility index (Phi) is 8.57. The van der Waals surface area contributed by atoms with Crippen molar-refractivity contribution in [1.29, 1.82) is 0 Å². The van der Waals surface area contributed by atoms with E-state index < -0.39 is 0 Å². The number of aryl methyl sites for hydroxylation is 1. The van der Waals surface area contributed by atoms with E-state index >= 15 is 0 Å².